The van der Waals surface area contributed by atoms with Crippen LogP contribution < -0.4 is 11.3 Å². The van der Waals surface area contributed by atoms with Gasteiger partial charge in [0, 0.05) is 5.92 Å². The molecule has 0 spiro atoms. The predicted molar refractivity (Wildman–Crippen MR) is 78.6 cm³/mol. The van der Waals surface area contributed by atoms with E-state index >= 15 is 0 Å². The summed E-state index contributed by atoms with van der Waals surface area (Å²) in [6.45, 7) is 0. The first-order valence-corrected chi connectivity index (χ1v) is 7.09. The first-order chi connectivity index (χ1) is 9.79. The molecule has 104 valence electrons. The number of hydrogen-bond acceptors (Lipinski definition) is 2. The molecule has 0 aliphatic heterocycles. The fraction of sp³-hybridized carbons (Fsp3) is 0.294. The molecule has 0 saturated heterocycles. The average Bonchev–Trinajstić information content (AvgIpc) is 2.50. The molecule has 1 aliphatic rings. The van der Waals surface area contributed by atoms with Gasteiger partial charge < -0.3 is 0 Å². The molecule has 0 bridgehead atoms. The first-order valence-electron chi connectivity index (χ1n) is 7.09. The Kier molecular flexibility index (Phi) is 3.81. The van der Waals surface area contributed by atoms with Crippen molar-refractivity contribution in [3.8, 4) is 0 Å². The van der Waals surface area contributed by atoms with Gasteiger partial charge in [0.2, 0.25) is 0 Å². The van der Waals surface area contributed by atoms with Crippen LogP contribution in [0.25, 0.3) is 0 Å². The van der Waals surface area contributed by atoms with Crippen LogP contribution in [0.3, 0.4) is 0 Å². The van der Waals surface area contributed by atoms with Crippen LogP contribution in [0.5, 0.6) is 0 Å². The summed E-state index contributed by atoms with van der Waals surface area (Å²) < 4.78 is 13.1. The Bertz CT molecular complexity index is 580. The zero-order chi connectivity index (χ0) is 13.9. The van der Waals surface area contributed by atoms with E-state index in [0.29, 0.717) is 5.92 Å². The molecule has 3 N–H and O–H groups in total. The second kappa shape index (κ2) is 5.73. The lowest BCUT2D eigenvalue weighted by Gasteiger charge is -2.32. The van der Waals surface area contributed by atoms with Gasteiger partial charge in [-0.05, 0) is 48.1 Å². The van der Waals surface area contributed by atoms with E-state index < -0.39 is 0 Å². The fourth-order valence-electron chi connectivity index (χ4n) is 3.25. The summed E-state index contributed by atoms with van der Waals surface area (Å²) in [4.78, 5) is 0. The Balaban J connectivity index is 1.96. The number of rotatable bonds is 3. The third kappa shape index (κ3) is 2.47. The van der Waals surface area contributed by atoms with E-state index in [4.69, 9.17) is 5.84 Å². The van der Waals surface area contributed by atoms with E-state index in [1.165, 1.54) is 29.7 Å². The summed E-state index contributed by atoms with van der Waals surface area (Å²) in [5, 5.41) is 0. The lowest BCUT2D eigenvalue weighted by Crippen LogP contribution is -2.34. The summed E-state index contributed by atoms with van der Waals surface area (Å²) in [7, 11) is 0. The van der Waals surface area contributed by atoms with E-state index in [0.717, 1.165) is 18.4 Å². The van der Waals surface area contributed by atoms with E-state index in [1.54, 1.807) is 0 Å². The third-order valence-electron chi connectivity index (χ3n) is 4.23. The number of benzene rings is 2. The number of aryl methyl sites for hydroxylation is 1. The Hall–Kier alpha value is -1.71. The maximum Gasteiger partial charge on any atom is 0.123 e. The predicted octanol–water partition coefficient (Wildman–Crippen LogP) is 3.45. The van der Waals surface area contributed by atoms with Gasteiger partial charge >= 0.3 is 0 Å². The molecule has 2 unspecified atom stereocenters. The molecule has 2 aromatic carbocycles. The van der Waals surface area contributed by atoms with Crippen LogP contribution in [0, 0.1) is 5.82 Å². The molecule has 0 fully saturated rings. The Morgan fingerprint density at radius 2 is 1.85 bits per heavy atom. The van der Waals surface area contributed by atoms with Crippen LogP contribution in [0.4, 0.5) is 4.39 Å². The molecule has 2 nitrogen and oxygen atoms in total. The second-order valence-electron chi connectivity index (χ2n) is 5.39. The Labute approximate surface area is 118 Å². The highest BCUT2D eigenvalue weighted by Crippen LogP contribution is 2.39. The number of nitrogens with two attached hydrogens (primary N) is 1. The van der Waals surface area contributed by atoms with Crippen LogP contribution in [0.1, 0.15) is 41.5 Å². The van der Waals surface area contributed by atoms with E-state index in [1.807, 2.05) is 12.1 Å². The maximum atomic E-state index is 13.1. The van der Waals surface area contributed by atoms with Gasteiger partial charge in [-0.1, -0.05) is 36.4 Å². The van der Waals surface area contributed by atoms with Gasteiger partial charge in [0.1, 0.15) is 5.82 Å². The zero-order valence-electron chi connectivity index (χ0n) is 11.4. The summed E-state index contributed by atoms with van der Waals surface area (Å²) in [5.41, 5.74) is 6.74. The van der Waals surface area contributed by atoms with Crippen LogP contribution in [0.2, 0.25) is 0 Å². The minimum atomic E-state index is -0.214. The molecule has 3 heteroatoms. The molecule has 0 amide bonds. The fourth-order valence-corrected chi connectivity index (χ4v) is 3.25. The quantitative estimate of drug-likeness (QED) is 0.662. The van der Waals surface area contributed by atoms with Gasteiger partial charge in [0.05, 0.1) is 6.04 Å². The Morgan fingerprint density at radius 3 is 2.60 bits per heavy atom. The molecule has 1 aliphatic carbocycles. The van der Waals surface area contributed by atoms with Crippen LogP contribution in [-0.4, -0.2) is 0 Å². The standard InChI is InChI=1S/C17H19FN2/c18-14-10-8-13(9-11-14)17(20-19)16-7-3-5-12-4-1-2-6-15(12)16/h1-2,4,6,8-11,16-17,20H,3,5,7,19H2. The molecule has 0 radical (unpaired) electrons. The largest absolute Gasteiger partial charge is 0.271 e. The number of nitrogens with one attached hydrogen (secondary N) is 1. The topological polar surface area (TPSA) is 38.0 Å². The molecular weight excluding hydrogens is 251 g/mol. The first kappa shape index (κ1) is 13.3. The average molecular weight is 270 g/mol. The van der Waals surface area contributed by atoms with Gasteiger partial charge in [0.15, 0.2) is 0 Å². The molecular formula is C17H19FN2. The Morgan fingerprint density at radius 1 is 1.10 bits per heavy atom. The minimum Gasteiger partial charge on any atom is -0.271 e. The lowest BCUT2D eigenvalue weighted by atomic mass is 9.77. The third-order valence-corrected chi connectivity index (χ3v) is 4.23. The summed E-state index contributed by atoms with van der Waals surface area (Å²) in [6.07, 6.45) is 3.40. The monoisotopic (exact) mass is 270 g/mol. The summed E-state index contributed by atoms with van der Waals surface area (Å²) >= 11 is 0. The van der Waals surface area contributed by atoms with Gasteiger partial charge in [-0.25, -0.2) is 4.39 Å². The highest BCUT2D eigenvalue weighted by atomic mass is 19.1. The molecule has 3 rings (SSSR count). The van der Waals surface area contributed by atoms with Gasteiger partial charge in [-0.3, -0.25) is 11.3 Å². The SMILES string of the molecule is NNC(c1ccc(F)cc1)C1CCCc2ccccc21. The van der Waals surface area contributed by atoms with Gasteiger partial charge in [0.25, 0.3) is 0 Å². The van der Waals surface area contributed by atoms with Crippen LogP contribution in [-0.2, 0) is 6.42 Å². The molecule has 2 aromatic rings. The molecule has 0 saturated carbocycles. The normalized spacial score (nSPS) is 19.4. The van der Waals surface area contributed by atoms with Gasteiger partial charge in [-0.15, -0.1) is 0 Å². The van der Waals surface area contributed by atoms with Crippen molar-refractivity contribution in [3.05, 3.63) is 71.0 Å². The minimum absolute atomic E-state index is 0.0250. The maximum absolute atomic E-state index is 13.1. The highest BCUT2D eigenvalue weighted by molar-refractivity contribution is 5.36. The summed E-state index contributed by atoms with van der Waals surface area (Å²) in [6, 6.07) is 15.2. The van der Waals surface area contributed by atoms with Crippen LogP contribution >= 0.6 is 0 Å². The smallest absolute Gasteiger partial charge is 0.123 e. The molecule has 0 heterocycles. The number of hydrazine groups is 1. The van der Waals surface area contributed by atoms with E-state index in [-0.39, 0.29) is 11.9 Å². The molecule has 0 aromatic heterocycles. The number of hydrogen-bond donors (Lipinski definition) is 2. The van der Waals surface area contributed by atoms with Crippen molar-refractivity contribution in [3.63, 3.8) is 0 Å². The number of fused-ring (bicyclic) bond motifs is 1. The molecule has 20 heavy (non-hydrogen) atoms. The van der Waals surface area contributed by atoms with Crippen molar-refractivity contribution in [1.29, 1.82) is 0 Å². The lowest BCUT2D eigenvalue weighted by molar-refractivity contribution is 0.408. The highest BCUT2D eigenvalue weighted by Gasteiger charge is 2.28. The van der Waals surface area contributed by atoms with Crippen molar-refractivity contribution in [1.82, 2.24) is 5.43 Å². The van der Waals surface area contributed by atoms with E-state index in [9.17, 15) is 4.39 Å². The number of halogens is 1. The van der Waals surface area contributed by atoms with Crippen LogP contribution in [0.15, 0.2) is 48.5 Å². The second-order valence-corrected chi connectivity index (χ2v) is 5.39. The van der Waals surface area contributed by atoms with Gasteiger partial charge in [-0.2, -0.15) is 0 Å². The zero-order valence-corrected chi connectivity index (χ0v) is 11.4. The van der Waals surface area contributed by atoms with Crippen molar-refractivity contribution in [2.24, 2.45) is 5.84 Å². The van der Waals surface area contributed by atoms with Crippen molar-refractivity contribution in [2.45, 2.75) is 31.2 Å². The van der Waals surface area contributed by atoms with E-state index in [2.05, 4.69) is 29.7 Å². The summed E-state index contributed by atoms with van der Waals surface area (Å²) in [5.74, 6) is 5.92. The van der Waals surface area contributed by atoms with Crippen molar-refractivity contribution >= 4 is 0 Å². The van der Waals surface area contributed by atoms with Crippen molar-refractivity contribution < 1.29 is 4.39 Å². The van der Waals surface area contributed by atoms with Crippen molar-refractivity contribution in [2.75, 3.05) is 0 Å². The molecule has 2 atom stereocenters.